The lowest BCUT2D eigenvalue weighted by molar-refractivity contribution is -0.268. The van der Waals surface area contributed by atoms with Crippen LogP contribution in [0.25, 0.3) is 6.08 Å². The zero-order chi connectivity index (χ0) is 20.0. The number of allylic oxidation sites excluding steroid dienone is 1. The second kappa shape index (κ2) is 8.84. The fourth-order valence-electron chi connectivity index (χ4n) is 2.54. The number of rotatable bonds is 8. The normalized spacial score (nSPS) is 10.6. The highest BCUT2D eigenvalue weighted by molar-refractivity contribution is 6.10. The van der Waals surface area contributed by atoms with E-state index in [4.69, 9.17) is 23.7 Å². The maximum Gasteiger partial charge on any atom is 0.203 e. The summed E-state index contributed by atoms with van der Waals surface area (Å²) in [6.07, 6.45) is 2.84. The van der Waals surface area contributed by atoms with Crippen LogP contribution >= 0.6 is 0 Å². The topological polar surface area (TPSA) is 86.3 Å². The van der Waals surface area contributed by atoms with E-state index >= 15 is 0 Å². The molecule has 0 aliphatic carbocycles. The van der Waals surface area contributed by atoms with Crippen LogP contribution in [0.1, 0.15) is 15.9 Å². The Labute approximate surface area is 157 Å². The number of methoxy groups -OCH3 is 5. The van der Waals surface area contributed by atoms with Gasteiger partial charge < -0.3 is 28.8 Å². The molecule has 0 atom stereocenters. The van der Waals surface area contributed by atoms with Crippen molar-refractivity contribution in [3.63, 3.8) is 0 Å². The number of benzene rings is 2. The van der Waals surface area contributed by atoms with Crippen LogP contribution in [0.5, 0.6) is 34.5 Å². The predicted octanol–water partition coefficient (Wildman–Crippen LogP) is 2.70. The molecule has 144 valence electrons. The van der Waals surface area contributed by atoms with Gasteiger partial charge in [0, 0.05) is 6.07 Å². The van der Waals surface area contributed by atoms with Crippen LogP contribution in [0.3, 0.4) is 0 Å². The summed E-state index contributed by atoms with van der Waals surface area (Å²) in [5.74, 6) is 0.855. The molecule has 2 aromatic rings. The molecule has 0 saturated carbocycles. The first-order valence-corrected chi connectivity index (χ1v) is 7.94. The Morgan fingerprint density at radius 1 is 0.815 bits per heavy atom. The molecule has 0 heterocycles. The summed E-state index contributed by atoms with van der Waals surface area (Å²) in [7, 11) is 7.32. The van der Waals surface area contributed by atoms with Gasteiger partial charge in [0.25, 0.3) is 0 Å². The van der Waals surface area contributed by atoms with Gasteiger partial charge in [-0.05, 0) is 29.8 Å². The van der Waals surface area contributed by atoms with Crippen molar-refractivity contribution in [1.82, 2.24) is 0 Å². The molecule has 0 saturated heterocycles. The maximum absolute atomic E-state index is 12.6. The Bertz CT molecular complexity index is 831. The zero-order valence-corrected chi connectivity index (χ0v) is 15.8. The van der Waals surface area contributed by atoms with Gasteiger partial charge in [0.15, 0.2) is 17.3 Å². The van der Waals surface area contributed by atoms with E-state index in [9.17, 15) is 9.90 Å². The number of ketones is 1. The first kappa shape index (κ1) is 20.0. The van der Waals surface area contributed by atoms with Crippen molar-refractivity contribution in [3.8, 4) is 34.5 Å². The van der Waals surface area contributed by atoms with Gasteiger partial charge in [-0.3, -0.25) is 4.79 Å². The molecule has 0 aliphatic heterocycles. The molecule has 2 aromatic carbocycles. The molecule has 7 nitrogen and oxygen atoms in total. The minimum Gasteiger partial charge on any atom is -0.872 e. The Balaban J connectivity index is 2.40. The van der Waals surface area contributed by atoms with E-state index in [1.807, 2.05) is 0 Å². The first-order chi connectivity index (χ1) is 13.0. The van der Waals surface area contributed by atoms with Gasteiger partial charge in [-0.15, -0.1) is 0 Å². The summed E-state index contributed by atoms with van der Waals surface area (Å²) >= 11 is 0. The lowest BCUT2D eigenvalue weighted by atomic mass is 10.1. The number of ether oxygens (including phenoxy) is 5. The SMILES string of the molecule is COc1cc([O-])c(C(=O)/C=C/c2cc(OC)c(OC)c(OC)c2)c(OC)c1. The number of carbonyl (C=O) groups is 1. The van der Waals surface area contributed by atoms with Crippen LogP contribution in [-0.4, -0.2) is 41.3 Å². The molecular formula is C20H21O7-. The van der Waals surface area contributed by atoms with Gasteiger partial charge in [-0.2, -0.15) is 0 Å². The first-order valence-electron chi connectivity index (χ1n) is 7.94. The molecule has 0 unspecified atom stereocenters. The number of hydrogen-bond acceptors (Lipinski definition) is 7. The fourth-order valence-corrected chi connectivity index (χ4v) is 2.54. The molecule has 0 amide bonds. The summed E-state index contributed by atoms with van der Waals surface area (Å²) in [6, 6.07) is 6.11. The van der Waals surface area contributed by atoms with Gasteiger partial charge in [0.2, 0.25) is 5.75 Å². The Hall–Kier alpha value is -3.35. The largest absolute Gasteiger partial charge is 0.872 e. The third-order valence-corrected chi connectivity index (χ3v) is 3.86. The predicted molar refractivity (Wildman–Crippen MR) is 98.5 cm³/mol. The minimum atomic E-state index is -0.492. The van der Waals surface area contributed by atoms with E-state index in [0.717, 1.165) is 0 Å². The van der Waals surface area contributed by atoms with Crippen molar-refractivity contribution in [2.75, 3.05) is 35.5 Å². The second-order valence-corrected chi connectivity index (χ2v) is 5.36. The summed E-state index contributed by atoms with van der Waals surface area (Å²) in [4.78, 5) is 12.6. The van der Waals surface area contributed by atoms with Crippen LogP contribution in [0.15, 0.2) is 30.3 Å². The molecule has 0 aliphatic rings. The van der Waals surface area contributed by atoms with Crippen molar-refractivity contribution in [3.05, 3.63) is 41.5 Å². The molecule has 7 heteroatoms. The highest BCUT2D eigenvalue weighted by Crippen LogP contribution is 2.38. The molecule has 0 N–H and O–H groups in total. The molecule has 0 radical (unpaired) electrons. The molecular weight excluding hydrogens is 352 g/mol. The summed E-state index contributed by atoms with van der Waals surface area (Å²) in [6.45, 7) is 0. The van der Waals surface area contributed by atoms with Crippen LogP contribution < -0.4 is 28.8 Å². The quantitative estimate of drug-likeness (QED) is 0.519. The average Bonchev–Trinajstić information content (AvgIpc) is 2.70. The van der Waals surface area contributed by atoms with E-state index in [-0.39, 0.29) is 11.3 Å². The summed E-state index contributed by atoms with van der Waals surface area (Å²) in [5.41, 5.74) is 0.569. The molecule has 27 heavy (non-hydrogen) atoms. The van der Waals surface area contributed by atoms with Crippen LogP contribution in [0.4, 0.5) is 0 Å². The monoisotopic (exact) mass is 373 g/mol. The minimum absolute atomic E-state index is 0.0676. The lowest BCUT2D eigenvalue weighted by Crippen LogP contribution is -2.06. The fraction of sp³-hybridized carbons (Fsp3) is 0.250. The van der Waals surface area contributed by atoms with Crippen molar-refractivity contribution >= 4 is 11.9 Å². The number of hydrogen-bond donors (Lipinski definition) is 0. The van der Waals surface area contributed by atoms with E-state index in [2.05, 4.69) is 0 Å². The van der Waals surface area contributed by atoms with Crippen molar-refractivity contribution in [1.29, 1.82) is 0 Å². The second-order valence-electron chi connectivity index (χ2n) is 5.36. The lowest BCUT2D eigenvalue weighted by Gasteiger charge is -2.17. The highest BCUT2D eigenvalue weighted by Gasteiger charge is 2.14. The zero-order valence-electron chi connectivity index (χ0n) is 15.8. The van der Waals surface area contributed by atoms with Crippen LogP contribution in [-0.2, 0) is 0 Å². The van der Waals surface area contributed by atoms with Gasteiger partial charge in [-0.1, -0.05) is 11.8 Å². The summed E-state index contributed by atoms with van der Waals surface area (Å²) < 4.78 is 26.0. The van der Waals surface area contributed by atoms with Gasteiger partial charge in [0.1, 0.15) is 11.5 Å². The molecule has 0 aromatic heterocycles. The Kier molecular flexibility index (Phi) is 6.54. The smallest absolute Gasteiger partial charge is 0.203 e. The van der Waals surface area contributed by atoms with E-state index in [0.29, 0.717) is 28.6 Å². The van der Waals surface area contributed by atoms with Crippen molar-refractivity contribution in [2.45, 2.75) is 0 Å². The summed E-state index contributed by atoms with van der Waals surface area (Å²) in [5, 5.41) is 12.2. The average molecular weight is 373 g/mol. The van der Waals surface area contributed by atoms with E-state index < -0.39 is 11.5 Å². The third-order valence-electron chi connectivity index (χ3n) is 3.86. The number of carbonyl (C=O) groups excluding carboxylic acids is 1. The third kappa shape index (κ3) is 4.25. The molecule has 0 spiro atoms. The van der Waals surface area contributed by atoms with E-state index in [1.165, 1.54) is 53.8 Å². The van der Waals surface area contributed by atoms with Crippen molar-refractivity contribution in [2.24, 2.45) is 0 Å². The molecule has 0 bridgehead atoms. The highest BCUT2D eigenvalue weighted by atomic mass is 16.5. The van der Waals surface area contributed by atoms with Gasteiger partial charge in [-0.25, -0.2) is 0 Å². The van der Waals surface area contributed by atoms with E-state index in [1.54, 1.807) is 18.2 Å². The Morgan fingerprint density at radius 2 is 1.41 bits per heavy atom. The molecule has 2 rings (SSSR count). The van der Waals surface area contributed by atoms with Gasteiger partial charge >= 0.3 is 0 Å². The standard InChI is InChI=1S/C20H22O7/c1-23-13-10-15(22)19(16(11-13)24-2)14(21)7-6-12-8-17(25-3)20(27-5)18(9-12)26-4/h6-11,22H,1-5H3/p-1/b7-6+. The van der Waals surface area contributed by atoms with Crippen LogP contribution in [0, 0.1) is 0 Å². The Morgan fingerprint density at radius 3 is 1.89 bits per heavy atom. The van der Waals surface area contributed by atoms with Gasteiger partial charge in [0.05, 0.1) is 41.1 Å². The molecule has 0 fully saturated rings. The van der Waals surface area contributed by atoms with Crippen molar-refractivity contribution < 1.29 is 33.6 Å². The van der Waals surface area contributed by atoms with Crippen LogP contribution in [0.2, 0.25) is 0 Å². The maximum atomic E-state index is 12.6.